The fraction of sp³-hybridized carbons (Fsp3) is 0.200. The molecule has 1 N–H and O–H groups in total. The summed E-state index contributed by atoms with van der Waals surface area (Å²) in [4.78, 5) is 0. The Balaban J connectivity index is 2.40. The molecule has 0 spiro atoms. The molecule has 0 radical (unpaired) electrons. The van der Waals surface area contributed by atoms with Crippen molar-refractivity contribution in [3.8, 4) is 11.5 Å². The molecule has 0 aliphatic carbocycles. The van der Waals surface area contributed by atoms with Gasteiger partial charge in [-0.25, -0.2) is 8.78 Å². The van der Waals surface area contributed by atoms with Gasteiger partial charge >= 0.3 is 0 Å². The first-order valence-electron chi connectivity index (χ1n) is 5.89. The van der Waals surface area contributed by atoms with E-state index in [1.807, 2.05) is 0 Å². The second-order valence-electron chi connectivity index (χ2n) is 4.37. The maximum Gasteiger partial charge on any atom is 0.133 e. The zero-order valence-electron chi connectivity index (χ0n) is 10.7. The van der Waals surface area contributed by atoms with E-state index in [4.69, 9.17) is 4.74 Å². The van der Waals surface area contributed by atoms with E-state index in [9.17, 15) is 13.9 Å². The number of aliphatic hydroxyl groups is 1. The van der Waals surface area contributed by atoms with Gasteiger partial charge in [-0.05, 0) is 43.7 Å². The van der Waals surface area contributed by atoms with Gasteiger partial charge in [-0.1, -0.05) is 6.07 Å². The monoisotopic (exact) mass is 264 g/mol. The van der Waals surface area contributed by atoms with Crippen molar-refractivity contribution in [2.45, 2.75) is 20.0 Å². The Kier molecular flexibility index (Phi) is 3.81. The van der Waals surface area contributed by atoms with Gasteiger partial charge in [0.15, 0.2) is 0 Å². The molecule has 0 heterocycles. The quantitative estimate of drug-likeness (QED) is 0.903. The van der Waals surface area contributed by atoms with E-state index in [1.165, 1.54) is 37.3 Å². The van der Waals surface area contributed by atoms with Gasteiger partial charge < -0.3 is 9.84 Å². The fourth-order valence-electron chi connectivity index (χ4n) is 1.74. The zero-order valence-corrected chi connectivity index (χ0v) is 10.7. The van der Waals surface area contributed by atoms with Gasteiger partial charge in [-0.3, -0.25) is 0 Å². The molecular formula is C15H14F2O2. The summed E-state index contributed by atoms with van der Waals surface area (Å²) in [6.07, 6.45) is -0.875. The number of benzene rings is 2. The topological polar surface area (TPSA) is 29.5 Å². The normalized spacial score (nSPS) is 12.3. The molecule has 0 aliphatic rings. The van der Waals surface area contributed by atoms with E-state index in [-0.39, 0.29) is 0 Å². The first kappa shape index (κ1) is 13.5. The minimum atomic E-state index is -0.875. The predicted octanol–water partition coefficient (Wildman–Crippen LogP) is 4.12. The summed E-state index contributed by atoms with van der Waals surface area (Å²) in [5, 5.41) is 9.61. The zero-order chi connectivity index (χ0) is 14.0. The highest BCUT2D eigenvalue weighted by atomic mass is 19.1. The molecular weight excluding hydrogens is 250 g/mol. The predicted molar refractivity (Wildman–Crippen MR) is 68.2 cm³/mol. The first-order chi connectivity index (χ1) is 8.97. The lowest BCUT2D eigenvalue weighted by Gasteiger charge is -2.14. The molecule has 4 heteroatoms. The molecule has 0 bridgehead atoms. The van der Waals surface area contributed by atoms with Crippen LogP contribution in [0.25, 0.3) is 0 Å². The Labute approximate surface area is 110 Å². The van der Waals surface area contributed by atoms with Gasteiger partial charge in [0, 0.05) is 11.6 Å². The van der Waals surface area contributed by atoms with Crippen LogP contribution in [0.15, 0.2) is 36.4 Å². The SMILES string of the molecule is Cc1ccc(F)cc1Oc1ccc(F)cc1C(C)O. The highest BCUT2D eigenvalue weighted by Crippen LogP contribution is 2.32. The van der Waals surface area contributed by atoms with Gasteiger partial charge in [0.05, 0.1) is 6.10 Å². The third kappa shape index (κ3) is 3.09. The van der Waals surface area contributed by atoms with Crippen LogP contribution in [0, 0.1) is 18.6 Å². The highest BCUT2D eigenvalue weighted by Gasteiger charge is 2.12. The summed E-state index contributed by atoms with van der Waals surface area (Å²) in [5.41, 5.74) is 1.07. The van der Waals surface area contributed by atoms with Gasteiger partial charge in [0.2, 0.25) is 0 Å². The molecule has 2 aromatic carbocycles. The molecule has 0 aromatic heterocycles. The van der Waals surface area contributed by atoms with Crippen LogP contribution in [0.5, 0.6) is 11.5 Å². The van der Waals surface area contributed by atoms with E-state index >= 15 is 0 Å². The Morgan fingerprint density at radius 3 is 2.32 bits per heavy atom. The summed E-state index contributed by atoms with van der Waals surface area (Å²) in [6, 6.07) is 8.04. The molecule has 2 aromatic rings. The van der Waals surface area contributed by atoms with E-state index in [0.29, 0.717) is 17.1 Å². The number of aryl methyl sites for hydroxylation is 1. The van der Waals surface area contributed by atoms with Crippen molar-refractivity contribution in [2.75, 3.05) is 0 Å². The van der Waals surface area contributed by atoms with Crippen LogP contribution < -0.4 is 4.74 Å². The van der Waals surface area contributed by atoms with Crippen LogP contribution in [-0.4, -0.2) is 5.11 Å². The first-order valence-corrected chi connectivity index (χ1v) is 5.89. The maximum absolute atomic E-state index is 13.2. The van der Waals surface area contributed by atoms with Crippen LogP contribution in [0.2, 0.25) is 0 Å². The third-order valence-electron chi connectivity index (χ3n) is 2.79. The van der Waals surface area contributed by atoms with E-state index in [1.54, 1.807) is 13.0 Å². The Bertz CT molecular complexity index is 595. The van der Waals surface area contributed by atoms with Gasteiger partial charge in [0.25, 0.3) is 0 Å². The molecule has 100 valence electrons. The van der Waals surface area contributed by atoms with Crippen molar-refractivity contribution >= 4 is 0 Å². The molecule has 19 heavy (non-hydrogen) atoms. The molecule has 0 saturated carbocycles. The largest absolute Gasteiger partial charge is 0.457 e. The smallest absolute Gasteiger partial charge is 0.133 e. The molecule has 0 amide bonds. The molecule has 0 aliphatic heterocycles. The Morgan fingerprint density at radius 1 is 1.00 bits per heavy atom. The molecule has 0 saturated heterocycles. The maximum atomic E-state index is 13.2. The van der Waals surface area contributed by atoms with E-state index in [2.05, 4.69) is 0 Å². The Morgan fingerprint density at radius 2 is 1.63 bits per heavy atom. The summed E-state index contributed by atoms with van der Waals surface area (Å²) < 4.78 is 31.9. The molecule has 1 atom stereocenters. The van der Waals surface area contributed by atoms with Crippen molar-refractivity contribution in [1.29, 1.82) is 0 Å². The number of rotatable bonds is 3. The number of hydrogen-bond donors (Lipinski definition) is 1. The van der Waals surface area contributed by atoms with Crippen LogP contribution >= 0.6 is 0 Å². The number of hydrogen-bond acceptors (Lipinski definition) is 2. The van der Waals surface area contributed by atoms with Crippen molar-refractivity contribution in [1.82, 2.24) is 0 Å². The van der Waals surface area contributed by atoms with Crippen molar-refractivity contribution < 1.29 is 18.6 Å². The number of aliphatic hydroxyl groups excluding tert-OH is 1. The minimum absolute atomic E-state index is 0.310. The van der Waals surface area contributed by atoms with Gasteiger partial charge in [-0.2, -0.15) is 0 Å². The van der Waals surface area contributed by atoms with Gasteiger partial charge in [-0.15, -0.1) is 0 Å². The number of halogens is 2. The molecule has 0 fully saturated rings. The molecule has 2 rings (SSSR count). The lowest BCUT2D eigenvalue weighted by Crippen LogP contribution is -1.98. The van der Waals surface area contributed by atoms with Crippen molar-refractivity contribution in [3.05, 3.63) is 59.2 Å². The van der Waals surface area contributed by atoms with Crippen LogP contribution in [0.3, 0.4) is 0 Å². The second kappa shape index (κ2) is 5.36. The second-order valence-corrected chi connectivity index (χ2v) is 4.37. The van der Waals surface area contributed by atoms with E-state index < -0.39 is 17.7 Å². The summed E-state index contributed by atoms with van der Waals surface area (Å²) >= 11 is 0. The summed E-state index contributed by atoms with van der Waals surface area (Å²) in [6.45, 7) is 3.29. The lowest BCUT2D eigenvalue weighted by molar-refractivity contribution is 0.195. The average Bonchev–Trinajstić information content (AvgIpc) is 2.35. The standard InChI is InChI=1S/C15H14F2O2/c1-9-3-4-12(17)8-15(9)19-14-6-5-11(16)7-13(14)10(2)18/h3-8,10,18H,1-2H3. The van der Waals surface area contributed by atoms with Crippen LogP contribution in [0.4, 0.5) is 8.78 Å². The van der Waals surface area contributed by atoms with Crippen LogP contribution in [-0.2, 0) is 0 Å². The molecule has 1 unspecified atom stereocenters. The van der Waals surface area contributed by atoms with Crippen molar-refractivity contribution in [3.63, 3.8) is 0 Å². The molecule has 2 nitrogen and oxygen atoms in total. The summed E-state index contributed by atoms with van der Waals surface area (Å²) in [7, 11) is 0. The summed E-state index contributed by atoms with van der Waals surface area (Å²) in [5.74, 6) is -0.223. The fourth-order valence-corrected chi connectivity index (χ4v) is 1.74. The highest BCUT2D eigenvalue weighted by molar-refractivity contribution is 5.42. The lowest BCUT2D eigenvalue weighted by atomic mass is 10.1. The average molecular weight is 264 g/mol. The van der Waals surface area contributed by atoms with Gasteiger partial charge in [0.1, 0.15) is 23.1 Å². The van der Waals surface area contributed by atoms with E-state index in [0.717, 1.165) is 5.56 Å². The third-order valence-corrected chi connectivity index (χ3v) is 2.79. The number of ether oxygens (including phenoxy) is 1. The minimum Gasteiger partial charge on any atom is -0.457 e. The van der Waals surface area contributed by atoms with Crippen molar-refractivity contribution in [2.24, 2.45) is 0 Å². The van der Waals surface area contributed by atoms with Crippen LogP contribution in [0.1, 0.15) is 24.2 Å². The Hall–Kier alpha value is -1.94.